The smallest absolute Gasteiger partial charge is 0.213 e. The molecule has 5 rings (SSSR count). The maximum atomic E-state index is 6.32. The van der Waals surface area contributed by atoms with Crippen LogP contribution in [0.4, 0.5) is 0 Å². The Balaban J connectivity index is 1.62. The van der Waals surface area contributed by atoms with Crippen molar-refractivity contribution in [2.24, 2.45) is 5.10 Å². The van der Waals surface area contributed by atoms with Crippen molar-refractivity contribution >= 4 is 28.9 Å². The fourth-order valence-corrected chi connectivity index (χ4v) is 4.04. The molecule has 1 aromatic heterocycles. The summed E-state index contributed by atoms with van der Waals surface area (Å²) in [5, 5.41) is 8.29. The van der Waals surface area contributed by atoms with Gasteiger partial charge >= 0.3 is 0 Å². The van der Waals surface area contributed by atoms with Crippen molar-refractivity contribution in [3.8, 4) is 5.75 Å². The highest BCUT2D eigenvalue weighted by molar-refractivity contribution is 6.31. The Morgan fingerprint density at radius 1 is 0.963 bits per heavy atom. The first-order valence-corrected chi connectivity index (χ1v) is 9.42. The molecule has 0 saturated heterocycles. The summed E-state index contributed by atoms with van der Waals surface area (Å²) >= 11 is 12.5. The molecule has 0 bridgehead atoms. The van der Waals surface area contributed by atoms with E-state index in [0.29, 0.717) is 10.0 Å². The monoisotopic (exact) mass is 395 g/mol. The maximum absolute atomic E-state index is 6.32. The molecule has 6 heteroatoms. The van der Waals surface area contributed by atoms with Crippen molar-refractivity contribution in [3.05, 3.63) is 93.7 Å². The highest BCUT2D eigenvalue weighted by Crippen LogP contribution is 2.48. The predicted octanol–water partition coefficient (Wildman–Crippen LogP) is 5.63. The largest absolute Gasteiger partial charge is 0.464 e. The van der Waals surface area contributed by atoms with Gasteiger partial charge in [-0.25, -0.2) is 5.01 Å². The van der Waals surface area contributed by atoms with Crippen molar-refractivity contribution in [2.45, 2.75) is 18.7 Å². The van der Waals surface area contributed by atoms with Crippen molar-refractivity contribution in [2.75, 3.05) is 0 Å². The number of aromatic nitrogens is 1. The Morgan fingerprint density at radius 3 is 2.59 bits per heavy atom. The van der Waals surface area contributed by atoms with E-state index >= 15 is 0 Å². The number of halogens is 2. The van der Waals surface area contributed by atoms with Crippen molar-refractivity contribution in [1.29, 1.82) is 0 Å². The lowest BCUT2D eigenvalue weighted by Gasteiger charge is -2.38. The van der Waals surface area contributed by atoms with Crippen LogP contribution in [0.2, 0.25) is 10.0 Å². The summed E-state index contributed by atoms with van der Waals surface area (Å²) in [6.45, 7) is 0. The fourth-order valence-electron chi connectivity index (χ4n) is 3.66. The summed E-state index contributed by atoms with van der Waals surface area (Å²) in [5.74, 6) is 0.830. The minimum absolute atomic E-state index is 0.0552. The average Bonchev–Trinajstić information content (AvgIpc) is 3.14. The zero-order chi connectivity index (χ0) is 18.4. The predicted molar refractivity (Wildman–Crippen MR) is 106 cm³/mol. The molecule has 3 aromatic rings. The molecular weight excluding hydrogens is 381 g/mol. The van der Waals surface area contributed by atoms with E-state index in [4.69, 9.17) is 33.0 Å². The molecular formula is C21H15Cl2N3O. The summed E-state index contributed by atoms with van der Waals surface area (Å²) in [6, 6.07) is 17.5. The molecule has 0 radical (unpaired) electrons. The molecule has 2 aromatic carbocycles. The van der Waals surface area contributed by atoms with Crippen LogP contribution in [0.3, 0.4) is 0 Å². The van der Waals surface area contributed by atoms with Crippen LogP contribution in [-0.2, 0) is 0 Å². The number of hydrogen-bond acceptors (Lipinski definition) is 4. The number of fused-ring (bicyclic) bond motifs is 3. The van der Waals surface area contributed by atoms with Crippen LogP contribution in [-0.4, -0.2) is 15.7 Å². The second-order valence-corrected chi connectivity index (χ2v) is 7.46. The Bertz CT molecular complexity index is 1040. The van der Waals surface area contributed by atoms with Gasteiger partial charge in [-0.05, 0) is 42.5 Å². The molecule has 2 aliphatic heterocycles. The quantitative estimate of drug-likeness (QED) is 0.563. The summed E-state index contributed by atoms with van der Waals surface area (Å²) in [7, 11) is 0. The van der Waals surface area contributed by atoms with Gasteiger partial charge in [-0.15, -0.1) is 0 Å². The van der Waals surface area contributed by atoms with E-state index < -0.39 is 0 Å². The van der Waals surface area contributed by atoms with Gasteiger partial charge in [0.05, 0.1) is 11.8 Å². The second kappa shape index (κ2) is 6.55. The summed E-state index contributed by atoms with van der Waals surface area (Å²) < 4.78 is 6.32. The number of ether oxygens (including phenoxy) is 1. The number of benzene rings is 2. The highest BCUT2D eigenvalue weighted by atomic mass is 35.5. The fraction of sp³-hybridized carbons (Fsp3) is 0.143. The van der Waals surface area contributed by atoms with Crippen LogP contribution in [0.25, 0.3) is 0 Å². The average molecular weight is 396 g/mol. The molecule has 0 fully saturated rings. The highest BCUT2D eigenvalue weighted by Gasteiger charge is 2.41. The van der Waals surface area contributed by atoms with E-state index in [1.165, 1.54) is 0 Å². The first kappa shape index (κ1) is 16.6. The third kappa shape index (κ3) is 2.95. The number of rotatable bonds is 2. The number of pyridine rings is 1. The third-order valence-corrected chi connectivity index (χ3v) is 5.37. The zero-order valence-corrected chi connectivity index (χ0v) is 15.7. The molecule has 3 heterocycles. The van der Waals surface area contributed by atoms with Crippen molar-refractivity contribution < 1.29 is 4.74 Å². The first-order valence-electron chi connectivity index (χ1n) is 8.67. The molecule has 4 nitrogen and oxygen atoms in total. The van der Waals surface area contributed by atoms with E-state index in [-0.39, 0.29) is 12.3 Å². The Hall–Kier alpha value is -2.56. The summed E-state index contributed by atoms with van der Waals surface area (Å²) in [6.07, 6.45) is 4.00. The maximum Gasteiger partial charge on any atom is 0.213 e. The normalized spacial score (nSPS) is 20.5. The minimum Gasteiger partial charge on any atom is -0.464 e. The second-order valence-electron chi connectivity index (χ2n) is 6.59. The first-order chi connectivity index (χ1) is 13.2. The van der Waals surface area contributed by atoms with Gasteiger partial charge in [-0.1, -0.05) is 35.3 Å². The third-order valence-electron chi connectivity index (χ3n) is 4.90. The van der Waals surface area contributed by atoms with Gasteiger partial charge in [0.1, 0.15) is 5.75 Å². The molecule has 0 N–H and O–H groups in total. The van der Waals surface area contributed by atoms with Crippen LogP contribution < -0.4 is 4.74 Å². The van der Waals surface area contributed by atoms with E-state index in [1.807, 2.05) is 59.6 Å². The lowest BCUT2D eigenvalue weighted by molar-refractivity contribution is -0.0190. The van der Waals surface area contributed by atoms with Gasteiger partial charge in [0.25, 0.3) is 0 Å². The number of nitrogens with zero attached hydrogens (tertiary/aromatic N) is 3. The van der Waals surface area contributed by atoms with Crippen molar-refractivity contribution in [3.63, 3.8) is 0 Å². The van der Waals surface area contributed by atoms with Gasteiger partial charge in [0.2, 0.25) is 6.23 Å². The van der Waals surface area contributed by atoms with Gasteiger partial charge in [0, 0.05) is 45.6 Å². The molecule has 2 atom stereocenters. The Labute approximate surface area is 167 Å². The van der Waals surface area contributed by atoms with Crippen LogP contribution in [0.15, 0.2) is 72.1 Å². The molecule has 0 amide bonds. The van der Waals surface area contributed by atoms with Crippen LogP contribution >= 0.6 is 23.2 Å². The lowest BCUT2D eigenvalue weighted by atomic mass is 9.96. The van der Waals surface area contributed by atoms with Crippen LogP contribution in [0, 0.1) is 0 Å². The minimum atomic E-state index is -0.346. The lowest BCUT2D eigenvalue weighted by Crippen LogP contribution is -2.33. The van der Waals surface area contributed by atoms with Gasteiger partial charge in [0.15, 0.2) is 0 Å². The van der Waals surface area contributed by atoms with Gasteiger partial charge in [-0.2, -0.15) is 5.10 Å². The number of hydrazone groups is 1. The van der Waals surface area contributed by atoms with E-state index in [2.05, 4.69) is 4.98 Å². The molecule has 0 unspecified atom stereocenters. The summed E-state index contributed by atoms with van der Waals surface area (Å²) in [5.41, 5.74) is 4.08. The number of hydrogen-bond donors (Lipinski definition) is 0. The molecule has 0 aliphatic carbocycles. The zero-order valence-electron chi connectivity index (χ0n) is 14.2. The standard InChI is InChI=1S/C21H15Cl2N3O/c22-15-3-1-2-14(10-15)21-26-19(17-11-16(23)4-5-20(17)27-21)12-18(25-26)13-6-8-24-9-7-13/h1-11,19,21H,12H2/t19-,21+/m1/s1. The molecule has 0 spiro atoms. The van der Waals surface area contributed by atoms with E-state index in [1.54, 1.807) is 12.4 Å². The Morgan fingerprint density at radius 2 is 1.78 bits per heavy atom. The Kier molecular flexibility index (Phi) is 4.03. The summed E-state index contributed by atoms with van der Waals surface area (Å²) in [4.78, 5) is 4.10. The van der Waals surface area contributed by atoms with Crippen LogP contribution in [0.1, 0.15) is 35.4 Å². The van der Waals surface area contributed by atoms with E-state index in [0.717, 1.165) is 34.6 Å². The SMILES string of the molecule is Clc1cccc([C@@H]2Oc3ccc(Cl)cc3[C@H]3CC(c4ccncc4)=NN32)c1. The molecule has 0 saturated carbocycles. The van der Waals surface area contributed by atoms with Crippen molar-refractivity contribution in [1.82, 2.24) is 9.99 Å². The van der Waals surface area contributed by atoms with Crippen LogP contribution in [0.5, 0.6) is 5.75 Å². The molecule has 27 heavy (non-hydrogen) atoms. The topological polar surface area (TPSA) is 37.7 Å². The van der Waals surface area contributed by atoms with Gasteiger partial charge in [-0.3, -0.25) is 4.98 Å². The van der Waals surface area contributed by atoms with Gasteiger partial charge < -0.3 is 4.74 Å². The molecule has 2 aliphatic rings. The van der Waals surface area contributed by atoms with E-state index in [9.17, 15) is 0 Å². The molecule has 134 valence electrons.